The van der Waals surface area contributed by atoms with Gasteiger partial charge in [-0.05, 0) is 32.4 Å². The van der Waals surface area contributed by atoms with E-state index in [9.17, 15) is 0 Å². The predicted octanol–water partition coefficient (Wildman–Crippen LogP) is 1.98. The van der Waals surface area contributed by atoms with E-state index in [0.29, 0.717) is 12.6 Å². The second-order valence-corrected chi connectivity index (χ2v) is 3.71. The van der Waals surface area contributed by atoms with Gasteiger partial charge in [0.05, 0.1) is 6.04 Å². The quantitative estimate of drug-likeness (QED) is 0.757. The van der Waals surface area contributed by atoms with E-state index in [1.807, 2.05) is 19.1 Å². The number of rotatable bonds is 5. The maximum Gasteiger partial charge on any atom is 0.122 e. The lowest BCUT2D eigenvalue weighted by atomic mass is 10.1. The van der Waals surface area contributed by atoms with Gasteiger partial charge in [0.2, 0.25) is 0 Å². The number of furan rings is 1. The zero-order chi connectivity index (χ0) is 10.6. The van der Waals surface area contributed by atoms with Crippen LogP contribution >= 0.6 is 0 Å². The van der Waals surface area contributed by atoms with E-state index in [0.717, 1.165) is 17.9 Å². The highest BCUT2D eigenvalue weighted by Crippen LogP contribution is 2.16. The third kappa shape index (κ3) is 2.86. The van der Waals surface area contributed by atoms with Crippen LogP contribution in [0.5, 0.6) is 0 Å². The molecule has 3 heteroatoms. The van der Waals surface area contributed by atoms with Crippen LogP contribution in [0.25, 0.3) is 0 Å². The minimum atomic E-state index is 0.138. The summed E-state index contributed by atoms with van der Waals surface area (Å²) in [6, 6.07) is 4.56. The van der Waals surface area contributed by atoms with E-state index >= 15 is 0 Å². The third-order valence-electron chi connectivity index (χ3n) is 2.44. The molecule has 0 saturated heterocycles. The van der Waals surface area contributed by atoms with Crippen LogP contribution in [-0.2, 0) is 0 Å². The number of hydrogen-bond acceptors (Lipinski definition) is 3. The summed E-state index contributed by atoms with van der Waals surface area (Å²) < 4.78 is 5.54. The molecule has 2 unspecified atom stereocenters. The molecule has 0 aliphatic carbocycles. The Morgan fingerprint density at radius 3 is 2.64 bits per heavy atom. The Kier molecular flexibility index (Phi) is 4.17. The summed E-state index contributed by atoms with van der Waals surface area (Å²) in [4.78, 5) is 0. The summed E-state index contributed by atoms with van der Waals surface area (Å²) in [6.07, 6.45) is 1.09. The van der Waals surface area contributed by atoms with Crippen molar-refractivity contribution < 1.29 is 4.42 Å². The summed E-state index contributed by atoms with van der Waals surface area (Å²) in [5.74, 6) is 1.87. The molecule has 0 bridgehead atoms. The lowest BCUT2D eigenvalue weighted by molar-refractivity contribution is 0.372. The molecule has 14 heavy (non-hydrogen) atoms. The smallest absolute Gasteiger partial charge is 0.122 e. The highest BCUT2D eigenvalue weighted by molar-refractivity contribution is 5.10. The van der Waals surface area contributed by atoms with Gasteiger partial charge < -0.3 is 15.5 Å². The Morgan fingerprint density at radius 2 is 2.21 bits per heavy atom. The molecule has 0 fully saturated rings. The summed E-state index contributed by atoms with van der Waals surface area (Å²) in [5.41, 5.74) is 5.69. The molecule has 0 radical (unpaired) electrons. The molecule has 1 aromatic heterocycles. The fraction of sp³-hybridized carbons (Fsp3) is 0.636. The van der Waals surface area contributed by atoms with Crippen LogP contribution in [-0.4, -0.2) is 12.6 Å². The zero-order valence-electron chi connectivity index (χ0n) is 9.21. The van der Waals surface area contributed by atoms with Crippen molar-refractivity contribution in [3.8, 4) is 0 Å². The molecule has 3 N–H and O–H groups in total. The van der Waals surface area contributed by atoms with Crippen LogP contribution in [0.4, 0.5) is 0 Å². The monoisotopic (exact) mass is 196 g/mol. The molecule has 0 spiro atoms. The van der Waals surface area contributed by atoms with Crippen molar-refractivity contribution in [2.45, 2.75) is 39.3 Å². The van der Waals surface area contributed by atoms with Crippen LogP contribution in [0.1, 0.15) is 37.8 Å². The van der Waals surface area contributed by atoms with Gasteiger partial charge in [-0.2, -0.15) is 0 Å². The summed E-state index contributed by atoms with van der Waals surface area (Å²) in [7, 11) is 0. The topological polar surface area (TPSA) is 51.2 Å². The van der Waals surface area contributed by atoms with Gasteiger partial charge in [0.25, 0.3) is 0 Å². The minimum absolute atomic E-state index is 0.138. The Morgan fingerprint density at radius 1 is 1.50 bits per heavy atom. The lowest BCUT2D eigenvalue weighted by Crippen LogP contribution is -2.34. The molecule has 1 heterocycles. The van der Waals surface area contributed by atoms with Crippen LogP contribution in [0, 0.1) is 6.92 Å². The molecule has 0 saturated carbocycles. The van der Waals surface area contributed by atoms with Gasteiger partial charge in [0.1, 0.15) is 11.5 Å². The molecule has 1 rings (SSSR count). The fourth-order valence-electron chi connectivity index (χ4n) is 1.37. The molecule has 2 atom stereocenters. The average molecular weight is 196 g/mol. The molecular formula is C11H20N2O. The largest absolute Gasteiger partial charge is 0.465 e. The Bertz CT molecular complexity index is 270. The highest BCUT2D eigenvalue weighted by Gasteiger charge is 2.14. The van der Waals surface area contributed by atoms with Crippen molar-refractivity contribution in [1.29, 1.82) is 0 Å². The van der Waals surface area contributed by atoms with E-state index < -0.39 is 0 Å². The molecule has 0 amide bonds. The fourth-order valence-corrected chi connectivity index (χ4v) is 1.37. The first-order chi connectivity index (χ1) is 6.67. The van der Waals surface area contributed by atoms with Gasteiger partial charge >= 0.3 is 0 Å². The first kappa shape index (κ1) is 11.3. The van der Waals surface area contributed by atoms with E-state index in [4.69, 9.17) is 10.2 Å². The molecule has 0 aliphatic rings. The van der Waals surface area contributed by atoms with Gasteiger partial charge in [0, 0.05) is 12.6 Å². The summed E-state index contributed by atoms with van der Waals surface area (Å²) in [5, 5.41) is 3.43. The molecule has 1 aromatic rings. The van der Waals surface area contributed by atoms with Crippen molar-refractivity contribution in [1.82, 2.24) is 5.32 Å². The second-order valence-electron chi connectivity index (χ2n) is 3.71. The predicted molar refractivity (Wildman–Crippen MR) is 58.1 cm³/mol. The van der Waals surface area contributed by atoms with E-state index in [-0.39, 0.29) is 6.04 Å². The lowest BCUT2D eigenvalue weighted by Gasteiger charge is -2.19. The Labute approximate surface area is 85.7 Å². The number of nitrogens with one attached hydrogen (secondary N) is 1. The summed E-state index contributed by atoms with van der Waals surface area (Å²) in [6.45, 7) is 6.81. The number of aryl methyl sites for hydroxylation is 1. The average Bonchev–Trinajstić information content (AvgIpc) is 2.60. The first-order valence-electron chi connectivity index (χ1n) is 5.19. The Hall–Kier alpha value is -0.800. The minimum Gasteiger partial charge on any atom is -0.465 e. The van der Waals surface area contributed by atoms with Crippen LogP contribution in [0.15, 0.2) is 16.5 Å². The molecule has 80 valence electrons. The molecule has 3 nitrogen and oxygen atoms in total. The maximum absolute atomic E-state index is 5.69. The van der Waals surface area contributed by atoms with Crippen molar-refractivity contribution in [3.05, 3.63) is 23.7 Å². The first-order valence-corrected chi connectivity index (χ1v) is 5.19. The van der Waals surface area contributed by atoms with Crippen LogP contribution in [0.3, 0.4) is 0 Å². The zero-order valence-corrected chi connectivity index (χ0v) is 9.21. The SMILES string of the molecule is CCC(C)NC(CN)c1ccc(C)o1. The van der Waals surface area contributed by atoms with Gasteiger partial charge in [-0.1, -0.05) is 6.92 Å². The third-order valence-corrected chi connectivity index (χ3v) is 2.44. The van der Waals surface area contributed by atoms with Crippen LogP contribution in [0.2, 0.25) is 0 Å². The van der Waals surface area contributed by atoms with Gasteiger partial charge in [-0.25, -0.2) is 0 Å². The van der Waals surface area contributed by atoms with Crippen molar-refractivity contribution in [2.75, 3.05) is 6.54 Å². The Balaban J connectivity index is 2.62. The van der Waals surface area contributed by atoms with E-state index in [1.54, 1.807) is 0 Å². The van der Waals surface area contributed by atoms with Gasteiger partial charge in [-0.15, -0.1) is 0 Å². The van der Waals surface area contributed by atoms with Crippen LogP contribution < -0.4 is 11.1 Å². The molecule has 0 aromatic carbocycles. The molecular weight excluding hydrogens is 176 g/mol. The van der Waals surface area contributed by atoms with Crippen molar-refractivity contribution in [2.24, 2.45) is 5.73 Å². The molecule has 0 aliphatic heterocycles. The van der Waals surface area contributed by atoms with E-state index in [1.165, 1.54) is 0 Å². The standard InChI is InChI=1S/C11H20N2O/c1-4-8(2)13-10(7-12)11-6-5-9(3)14-11/h5-6,8,10,13H,4,7,12H2,1-3H3. The number of hydrogen-bond donors (Lipinski definition) is 2. The van der Waals surface area contributed by atoms with Gasteiger partial charge in [-0.3, -0.25) is 0 Å². The van der Waals surface area contributed by atoms with Gasteiger partial charge in [0.15, 0.2) is 0 Å². The number of nitrogens with two attached hydrogens (primary N) is 1. The highest BCUT2D eigenvalue weighted by atomic mass is 16.3. The van der Waals surface area contributed by atoms with E-state index in [2.05, 4.69) is 19.2 Å². The van der Waals surface area contributed by atoms with Crippen molar-refractivity contribution in [3.63, 3.8) is 0 Å². The van der Waals surface area contributed by atoms with Crippen molar-refractivity contribution >= 4 is 0 Å². The normalized spacial score (nSPS) is 15.4. The summed E-state index contributed by atoms with van der Waals surface area (Å²) >= 11 is 0. The maximum atomic E-state index is 5.69. The second kappa shape index (κ2) is 5.17.